The molecule has 0 heterocycles. The van der Waals surface area contributed by atoms with Gasteiger partial charge in [-0.25, -0.2) is 0 Å². The molecular formula is C16H6N4O8. The maximum atomic E-state index is 11.6. The average Bonchev–Trinajstić information content (AvgIpc) is 2.97. The Morgan fingerprint density at radius 2 is 1.25 bits per heavy atom. The minimum Gasteiger partial charge on any atom is -0.258 e. The third kappa shape index (κ3) is 2.05. The highest BCUT2D eigenvalue weighted by molar-refractivity contribution is 6.22. The highest BCUT2D eigenvalue weighted by atomic mass is 16.6. The Hall–Kier alpha value is -4.48. The third-order valence-corrected chi connectivity index (χ3v) is 4.59. The van der Waals surface area contributed by atoms with E-state index in [1.807, 2.05) is 0 Å². The number of nitrogens with zero attached hydrogens (tertiary/aromatic N) is 4. The van der Waals surface area contributed by atoms with Crippen LogP contribution in [0, 0.1) is 40.5 Å². The largest absolute Gasteiger partial charge is 0.354 e. The van der Waals surface area contributed by atoms with Crippen LogP contribution in [0.3, 0.4) is 0 Å². The molecule has 4 rings (SSSR count). The molecule has 0 amide bonds. The summed E-state index contributed by atoms with van der Waals surface area (Å²) in [6.45, 7) is 0. The molecule has 1 aliphatic carbocycles. The number of rotatable bonds is 4. The molecule has 28 heavy (non-hydrogen) atoms. The molecule has 0 fully saturated rings. The van der Waals surface area contributed by atoms with Gasteiger partial charge in [-0.1, -0.05) is 12.1 Å². The van der Waals surface area contributed by atoms with Crippen LogP contribution in [0.5, 0.6) is 0 Å². The molecule has 0 unspecified atom stereocenters. The van der Waals surface area contributed by atoms with Gasteiger partial charge in [0, 0.05) is 17.0 Å². The van der Waals surface area contributed by atoms with Crippen molar-refractivity contribution < 1.29 is 19.7 Å². The lowest BCUT2D eigenvalue weighted by Gasteiger charge is -2.04. The minimum atomic E-state index is -0.929. The Labute approximate surface area is 153 Å². The average molecular weight is 382 g/mol. The highest BCUT2D eigenvalue weighted by Gasteiger charge is 2.40. The first-order chi connectivity index (χ1) is 13.2. The van der Waals surface area contributed by atoms with Crippen molar-refractivity contribution in [2.45, 2.75) is 0 Å². The Balaban J connectivity index is 2.28. The fourth-order valence-corrected chi connectivity index (χ4v) is 3.61. The molecule has 0 atom stereocenters. The summed E-state index contributed by atoms with van der Waals surface area (Å²) in [5.74, 6) is 0. The van der Waals surface area contributed by atoms with Crippen molar-refractivity contribution in [3.8, 4) is 22.3 Å². The van der Waals surface area contributed by atoms with Crippen molar-refractivity contribution in [2.75, 3.05) is 0 Å². The number of nitro benzene ring substituents is 4. The lowest BCUT2D eigenvalue weighted by atomic mass is 10.00. The van der Waals surface area contributed by atoms with Gasteiger partial charge in [-0.15, -0.1) is 0 Å². The summed E-state index contributed by atoms with van der Waals surface area (Å²) in [5.41, 5.74) is -2.77. The molecule has 1 aliphatic rings. The Morgan fingerprint density at radius 3 is 1.82 bits per heavy atom. The van der Waals surface area contributed by atoms with Gasteiger partial charge in [0.2, 0.25) is 0 Å². The second-order valence-corrected chi connectivity index (χ2v) is 5.90. The van der Waals surface area contributed by atoms with Gasteiger partial charge in [0.05, 0.1) is 42.3 Å². The van der Waals surface area contributed by atoms with Gasteiger partial charge in [0.1, 0.15) is 0 Å². The first kappa shape index (κ1) is 17.0. The van der Waals surface area contributed by atoms with E-state index in [1.54, 1.807) is 0 Å². The molecule has 0 N–H and O–H groups in total. The second kappa shape index (κ2) is 5.51. The number of hydrogen-bond donors (Lipinski definition) is 0. The van der Waals surface area contributed by atoms with Gasteiger partial charge in [-0.05, 0) is 17.7 Å². The van der Waals surface area contributed by atoms with Gasteiger partial charge in [0.15, 0.2) is 0 Å². The van der Waals surface area contributed by atoms with E-state index < -0.39 is 42.4 Å². The van der Waals surface area contributed by atoms with E-state index in [4.69, 9.17) is 0 Å². The van der Waals surface area contributed by atoms with E-state index in [0.29, 0.717) is 0 Å². The zero-order chi connectivity index (χ0) is 20.3. The topological polar surface area (TPSA) is 173 Å². The molecule has 3 aromatic rings. The van der Waals surface area contributed by atoms with Crippen LogP contribution in [0.2, 0.25) is 0 Å². The lowest BCUT2D eigenvalue weighted by molar-refractivity contribution is -0.422. The molecule has 0 saturated carbocycles. The Bertz CT molecular complexity index is 1280. The maximum Gasteiger partial charge on any atom is 0.354 e. The predicted octanol–water partition coefficient (Wildman–Crippen LogP) is 4.12. The van der Waals surface area contributed by atoms with Crippen molar-refractivity contribution >= 4 is 33.5 Å². The van der Waals surface area contributed by atoms with Crippen LogP contribution in [0.4, 0.5) is 22.7 Å². The van der Waals surface area contributed by atoms with Gasteiger partial charge in [-0.3, -0.25) is 40.5 Å². The van der Waals surface area contributed by atoms with E-state index in [-0.39, 0.29) is 33.0 Å². The van der Waals surface area contributed by atoms with Crippen LogP contribution in [0.25, 0.3) is 33.0 Å². The highest BCUT2D eigenvalue weighted by Crippen LogP contribution is 2.57. The van der Waals surface area contributed by atoms with Crippen LogP contribution in [0.15, 0.2) is 36.4 Å². The van der Waals surface area contributed by atoms with Gasteiger partial charge in [-0.2, -0.15) is 0 Å². The summed E-state index contributed by atoms with van der Waals surface area (Å²) in [6.07, 6.45) is 0. The molecular weight excluding hydrogens is 376 g/mol. The van der Waals surface area contributed by atoms with E-state index >= 15 is 0 Å². The summed E-state index contributed by atoms with van der Waals surface area (Å²) in [5, 5.41) is 46.0. The maximum absolute atomic E-state index is 11.6. The SMILES string of the molecule is O=[N+]([O-])c1ccc2c(c1[N+](=O)[O-])-c1cccc3c([N+](=O)[O-])cc([N+](=O)[O-])c-2c13. The van der Waals surface area contributed by atoms with Crippen molar-refractivity contribution in [3.05, 3.63) is 76.9 Å². The normalized spacial score (nSPS) is 11.3. The minimum absolute atomic E-state index is 0.0332. The number of hydrogen-bond acceptors (Lipinski definition) is 8. The van der Waals surface area contributed by atoms with E-state index in [1.165, 1.54) is 24.3 Å². The summed E-state index contributed by atoms with van der Waals surface area (Å²) < 4.78 is 0. The fraction of sp³-hybridized carbons (Fsp3) is 0. The molecule has 0 aliphatic heterocycles. The van der Waals surface area contributed by atoms with Crippen LogP contribution in [-0.4, -0.2) is 19.7 Å². The van der Waals surface area contributed by atoms with Gasteiger partial charge < -0.3 is 0 Å². The number of benzene rings is 3. The van der Waals surface area contributed by atoms with Crippen LogP contribution in [0.1, 0.15) is 0 Å². The van der Waals surface area contributed by atoms with Crippen molar-refractivity contribution in [1.29, 1.82) is 0 Å². The number of fused-ring (bicyclic) bond motifs is 3. The molecule has 0 saturated heterocycles. The van der Waals surface area contributed by atoms with E-state index in [9.17, 15) is 40.5 Å². The molecule has 0 radical (unpaired) electrons. The van der Waals surface area contributed by atoms with Crippen molar-refractivity contribution in [2.24, 2.45) is 0 Å². The van der Waals surface area contributed by atoms with Crippen molar-refractivity contribution in [3.63, 3.8) is 0 Å². The monoisotopic (exact) mass is 382 g/mol. The molecule has 12 nitrogen and oxygen atoms in total. The summed E-state index contributed by atoms with van der Waals surface area (Å²) >= 11 is 0. The molecule has 12 heteroatoms. The lowest BCUT2D eigenvalue weighted by Crippen LogP contribution is -1.99. The zero-order valence-corrected chi connectivity index (χ0v) is 13.5. The van der Waals surface area contributed by atoms with Crippen LogP contribution in [-0.2, 0) is 0 Å². The summed E-state index contributed by atoms with van der Waals surface area (Å²) in [6, 6.07) is 7.05. The second-order valence-electron chi connectivity index (χ2n) is 5.90. The molecule has 138 valence electrons. The van der Waals surface area contributed by atoms with Crippen LogP contribution >= 0.6 is 0 Å². The van der Waals surface area contributed by atoms with Gasteiger partial charge >= 0.3 is 11.4 Å². The molecule has 0 spiro atoms. The van der Waals surface area contributed by atoms with E-state index in [2.05, 4.69) is 0 Å². The molecule has 3 aromatic carbocycles. The fourth-order valence-electron chi connectivity index (χ4n) is 3.61. The predicted molar refractivity (Wildman–Crippen MR) is 95.0 cm³/mol. The molecule has 0 bridgehead atoms. The quantitative estimate of drug-likeness (QED) is 0.374. The van der Waals surface area contributed by atoms with E-state index in [0.717, 1.165) is 12.1 Å². The van der Waals surface area contributed by atoms with Gasteiger partial charge in [0.25, 0.3) is 11.4 Å². The first-order valence-electron chi connectivity index (χ1n) is 7.59. The van der Waals surface area contributed by atoms with Crippen molar-refractivity contribution in [1.82, 2.24) is 0 Å². The Kier molecular flexibility index (Phi) is 3.34. The third-order valence-electron chi connectivity index (χ3n) is 4.59. The summed E-state index contributed by atoms with van der Waals surface area (Å²) in [7, 11) is 0. The first-order valence-corrected chi connectivity index (χ1v) is 7.59. The number of non-ortho nitro benzene ring substituents is 1. The standard InChI is InChI=1S/C16H6N4O8/c21-17(22)10-5-4-9-14(16(10)20(27)28)8-3-1-2-7-11(18(23)24)6-12(19(25)26)15(9)13(7)8/h1-6H. The molecule has 0 aromatic heterocycles. The van der Waals surface area contributed by atoms with Crippen LogP contribution < -0.4 is 0 Å². The smallest absolute Gasteiger partial charge is 0.258 e. The zero-order valence-electron chi connectivity index (χ0n) is 13.5. The number of nitro groups is 4. The Morgan fingerprint density at radius 1 is 0.607 bits per heavy atom. The summed E-state index contributed by atoms with van der Waals surface area (Å²) in [4.78, 5) is 42.4.